The molecule has 2 aliphatic carbocycles. The van der Waals surface area contributed by atoms with Crippen molar-refractivity contribution in [3.05, 3.63) is 166 Å². The molecule has 2 nitrogen and oxygen atoms in total. The van der Waals surface area contributed by atoms with Gasteiger partial charge in [0, 0.05) is 0 Å². The molecule has 46 heavy (non-hydrogen) atoms. The van der Waals surface area contributed by atoms with E-state index >= 15 is 0 Å². The van der Waals surface area contributed by atoms with E-state index in [1.807, 2.05) is 21.3 Å². The van der Waals surface area contributed by atoms with Gasteiger partial charge in [-0.15, -0.1) is 0 Å². The number of rotatable bonds is 9. The molecule has 0 amide bonds. The molecule has 3 heteroatoms. The van der Waals surface area contributed by atoms with Crippen LogP contribution in [0.2, 0.25) is 6.32 Å². The molecule has 0 bridgehead atoms. The van der Waals surface area contributed by atoms with Crippen molar-refractivity contribution >= 4 is 7.48 Å². The second-order valence-corrected chi connectivity index (χ2v) is 14.2. The predicted molar refractivity (Wildman–Crippen MR) is 193 cm³/mol. The van der Waals surface area contributed by atoms with Crippen LogP contribution in [0.1, 0.15) is 81.8 Å². The summed E-state index contributed by atoms with van der Waals surface area (Å²) in [7, 11) is 1.90. The van der Waals surface area contributed by atoms with Gasteiger partial charge in [0.15, 0.2) is 0 Å². The third-order valence-corrected chi connectivity index (χ3v) is 10.4. The molecule has 0 aromatic heterocycles. The molecule has 0 atom stereocenters. The fourth-order valence-corrected chi connectivity index (χ4v) is 7.84. The van der Waals surface area contributed by atoms with Crippen LogP contribution in [0.25, 0.3) is 11.1 Å². The lowest BCUT2D eigenvalue weighted by molar-refractivity contribution is -0.0902. The van der Waals surface area contributed by atoms with Crippen molar-refractivity contribution in [2.45, 2.75) is 76.8 Å². The lowest BCUT2D eigenvalue weighted by Gasteiger charge is -2.51. The molecule has 1 spiro atoms. The molecule has 0 unspecified atom stereocenters. The average molecular weight is 606 g/mol. The minimum atomic E-state index is -1.02. The molecule has 233 valence electrons. The molecule has 0 saturated heterocycles. The van der Waals surface area contributed by atoms with Gasteiger partial charge in [-0.05, 0) is 96.9 Å². The molecule has 0 fully saturated rings. The van der Waals surface area contributed by atoms with Crippen LogP contribution in [-0.2, 0) is 15.5 Å². The first-order valence-electron chi connectivity index (χ1n) is 16.6. The molecule has 0 aliphatic heterocycles. The third-order valence-electron chi connectivity index (χ3n) is 10.4. The Labute approximate surface area is 276 Å². The quantitative estimate of drug-likeness (QED) is 0.103. The summed E-state index contributed by atoms with van der Waals surface area (Å²) in [5.41, 5.74) is 9.57. The van der Waals surface area contributed by atoms with E-state index in [1.165, 1.54) is 50.1 Å². The van der Waals surface area contributed by atoms with Crippen molar-refractivity contribution in [3.63, 3.8) is 0 Å². The van der Waals surface area contributed by atoms with E-state index < -0.39 is 22.0 Å². The predicted octanol–water partition coefficient (Wildman–Crippen LogP) is 9.97. The smallest absolute Gasteiger partial charge is 0.297 e. The SMILES string of the molecule is C=C(/C=C\C)C1(/C(=C\C(C)C)C[B]OC(C)(C)C(C)(C)O)c2ccccc2C2(c3ccccc3-c3ccccc32)c2ccccc21. The molecule has 1 N–H and O–H groups in total. The largest absolute Gasteiger partial charge is 0.433 e. The second-order valence-electron chi connectivity index (χ2n) is 14.2. The first-order valence-corrected chi connectivity index (χ1v) is 16.6. The highest BCUT2D eigenvalue weighted by Crippen LogP contribution is 2.64. The Morgan fingerprint density at radius 3 is 1.63 bits per heavy atom. The van der Waals surface area contributed by atoms with Crippen LogP contribution >= 0.6 is 0 Å². The highest BCUT2D eigenvalue weighted by molar-refractivity contribution is 6.28. The molecule has 4 aromatic rings. The van der Waals surface area contributed by atoms with Crippen LogP contribution in [-0.4, -0.2) is 23.8 Å². The Morgan fingerprint density at radius 1 is 0.761 bits per heavy atom. The van der Waals surface area contributed by atoms with Gasteiger partial charge in [0.05, 0.1) is 22.0 Å². The molecule has 4 aromatic carbocycles. The van der Waals surface area contributed by atoms with Gasteiger partial charge >= 0.3 is 0 Å². The van der Waals surface area contributed by atoms with E-state index in [1.54, 1.807) is 13.8 Å². The summed E-state index contributed by atoms with van der Waals surface area (Å²) in [5.74, 6) is 0.282. The van der Waals surface area contributed by atoms with Crippen LogP contribution in [0.15, 0.2) is 133 Å². The summed E-state index contributed by atoms with van der Waals surface area (Å²) in [6, 6.07) is 35.9. The Morgan fingerprint density at radius 2 is 1.20 bits per heavy atom. The molecule has 1 radical (unpaired) electrons. The van der Waals surface area contributed by atoms with Gasteiger partial charge in [-0.25, -0.2) is 0 Å². The van der Waals surface area contributed by atoms with E-state index in [4.69, 9.17) is 11.2 Å². The number of hydrogen-bond donors (Lipinski definition) is 1. The van der Waals surface area contributed by atoms with Crippen molar-refractivity contribution in [1.82, 2.24) is 0 Å². The van der Waals surface area contributed by atoms with Crippen LogP contribution in [0.5, 0.6) is 0 Å². The maximum atomic E-state index is 10.9. The summed E-state index contributed by atoms with van der Waals surface area (Å²) in [4.78, 5) is 0. The third kappa shape index (κ3) is 4.62. The van der Waals surface area contributed by atoms with Crippen molar-refractivity contribution < 1.29 is 9.76 Å². The maximum absolute atomic E-state index is 10.9. The van der Waals surface area contributed by atoms with Gasteiger partial charge in [-0.2, -0.15) is 0 Å². The van der Waals surface area contributed by atoms with E-state index in [2.05, 4.69) is 136 Å². The maximum Gasteiger partial charge on any atom is 0.297 e. The number of allylic oxidation sites excluding steroid dienone is 5. The number of fused-ring (bicyclic) bond motifs is 9. The first-order chi connectivity index (χ1) is 21.9. The van der Waals surface area contributed by atoms with E-state index in [0.29, 0.717) is 6.32 Å². The lowest BCUT2D eigenvalue weighted by Crippen LogP contribution is -2.48. The topological polar surface area (TPSA) is 29.5 Å². The molecular weight excluding hydrogens is 559 g/mol. The molecule has 0 saturated carbocycles. The normalized spacial score (nSPS) is 16.2. The van der Waals surface area contributed by atoms with E-state index in [-0.39, 0.29) is 5.92 Å². The molecule has 2 aliphatic rings. The number of benzene rings is 4. The monoisotopic (exact) mass is 605 g/mol. The van der Waals surface area contributed by atoms with E-state index in [0.717, 1.165) is 5.57 Å². The van der Waals surface area contributed by atoms with E-state index in [9.17, 15) is 5.11 Å². The second kappa shape index (κ2) is 11.7. The van der Waals surface area contributed by atoms with Crippen LogP contribution in [0.4, 0.5) is 0 Å². The van der Waals surface area contributed by atoms with Gasteiger partial charge in [0.1, 0.15) is 0 Å². The summed E-state index contributed by atoms with van der Waals surface area (Å²) in [6.45, 7) is 18.9. The van der Waals surface area contributed by atoms with Crippen molar-refractivity contribution in [2.75, 3.05) is 0 Å². The van der Waals surface area contributed by atoms with Gasteiger partial charge in [-0.3, -0.25) is 0 Å². The zero-order valence-corrected chi connectivity index (χ0v) is 28.4. The van der Waals surface area contributed by atoms with Gasteiger partial charge in [-0.1, -0.05) is 141 Å². The zero-order valence-electron chi connectivity index (χ0n) is 28.4. The Bertz CT molecular complexity index is 1750. The zero-order chi connectivity index (χ0) is 32.9. The fraction of sp³-hybridized carbons (Fsp3) is 0.302. The minimum absolute atomic E-state index is 0.282. The van der Waals surface area contributed by atoms with Crippen LogP contribution in [0.3, 0.4) is 0 Å². The molecule has 6 rings (SSSR count). The fourth-order valence-electron chi connectivity index (χ4n) is 7.84. The summed E-state index contributed by atoms with van der Waals surface area (Å²) >= 11 is 0. The summed E-state index contributed by atoms with van der Waals surface area (Å²) in [5, 5.41) is 10.9. The van der Waals surface area contributed by atoms with Crippen molar-refractivity contribution in [3.8, 4) is 11.1 Å². The standard InChI is InChI=1S/C43H46BO2/c1-9-18-30(4)42(31(27-29(2)3)28-44-46-41(7,8)40(5,6)45)36-23-14-16-25-38(36)43(39-26-17-15-24-37(39)42)34-21-12-10-19-32(34)33-20-11-13-22-35(33)43/h9-27,29,45H,4,28H2,1-3,5-8H3/b18-9-,31-27-. The lowest BCUT2D eigenvalue weighted by atomic mass is 9.50. The number of hydrogen-bond acceptors (Lipinski definition) is 2. The van der Waals surface area contributed by atoms with Gasteiger partial charge in [0.2, 0.25) is 0 Å². The molecule has 0 heterocycles. The van der Waals surface area contributed by atoms with Gasteiger partial charge < -0.3 is 9.76 Å². The summed E-state index contributed by atoms with van der Waals surface area (Å²) in [6.07, 6.45) is 7.24. The minimum Gasteiger partial charge on any atom is -0.433 e. The average Bonchev–Trinajstić information content (AvgIpc) is 3.32. The Balaban J connectivity index is 1.69. The summed E-state index contributed by atoms with van der Waals surface area (Å²) < 4.78 is 6.38. The highest BCUT2D eigenvalue weighted by Gasteiger charge is 2.57. The number of aliphatic hydroxyl groups is 1. The highest BCUT2D eigenvalue weighted by atomic mass is 16.5. The first kappa shape index (κ1) is 32.0. The Hall–Kier alpha value is -3.92. The van der Waals surface area contributed by atoms with Crippen molar-refractivity contribution in [2.24, 2.45) is 5.92 Å². The van der Waals surface area contributed by atoms with Crippen LogP contribution in [0, 0.1) is 5.92 Å². The molecular formula is C43H46BO2. The van der Waals surface area contributed by atoms with Crippen LogP contribution < -0.4 is 0 Å². The Kier molecular flexibility index (Phi) is 8.16. The van der Waals surface area contributed by atoms with Crippen molar-refractivity contribution in [1.29, 1.82) is 0 Å². The van der Waals surface area contributed by atoms with Gasteiger partial charge in [0.25, 0.3) is 7.48 Å².